The first kappa shape index (κ1) is 14.3. The van der Waals surface area contributed by atoms with Gasteiger partial charge in [-0.25, -0.2) is 4.98 Å². The lowest BCUT2D eigenvalue weighted by molar-refractivity contribution is 0.243. The van der Waals surface area contributed by atoms with Gasteiger partial charge in [-0.3, -0.25) is 14.8 Å². The van der Waals surface area contributed by atoms with Crippen LogP contribution in [0.3, 0.4) is 0 Å². The van der Waals surface area contributed by atoms with Gasteiger partial charge in [0.25, 0.3) is 0 Å². The Morgan fingerprint density at radius 2 is 1.73 bits per heavy atom. The predicted molar refractivity (Wildman–Crippen MR) is 88.6 cm³/mol. The van der Waals surface area contributed by atoms with Gasteiger partial charge in [-0.05, 0) is 30.9 Å². The Morgan fingerprint density at radius 3 is 2.27 bits per heavy atom. The zero-order valence-corrected chi connectivity index (χ0v) is 13.8. The minimum Gasteiger partial charge on any atom is -0.297 e. The summed E-state index contributed by atoms with van der Waals surface area (Å²) < 4.78 is 0. The average Bonchev–Trinajstić information content (AvgIpc) is 3.16. The highest BCUT2D eigenvalue weighted by molar-refractivity contribution is 7.09. The Bertz CT molecular complexity index is 613. The van der Waals surface area contributed by atoms with Crippen molar-refractivity contribution in [3.8, 4) is 0 Å². The van der Waals surface area contributed by atoms with Gasteiger partial charge in [0.1, 0.15) is 0 Å². The molecule has 2 aliphatic heterocycles. The molecule has 22 heavy (non-hydrogen) atoms. The Labute approximate surface area is 135 Å². The Kier molecular flexibility index (Phi) is 3.94. The number of aromatic nitrogens is 2. The molecule has 0 N–H and O–H groups in total. The molecule has 5 heteroatoms. The van der Waals surface area contributed by atoms with Crippen LogP contribution in [-0.4, -0.2) is 45.9 Å². The molecule has 0 saturated carbocycles. The van der Waals surface area contributed by atoms with Crippen molar-refractivity contribution in [2.75, 3.05) is 26.2 Å². The molecule has 0 amide bonds. The molecule has 0 aromatic carbocycles. The van der Waals surface area contributed by atoms with E-state index < -0.39 is 0 Å². The van der Waals surface area contributed by atoms with E-state index in [-0.39, 0.29) is 0 Å². The molecule has 4 heterocycles. The second-order valence-corrected chi connectivity index (χ2v) is 7.65. The fraction of sp³-hybridized carbons (Fsp3) is 0.529. The molecule has 2 aromatic heterocycles. The maximum Gasteiger partial charge on any atom is 0.0897 e. The maximum absolute atomic E-state index is 4.60. The number of hydrogen-bond donors (Lipinski definition) is 0. The molecule has 116 valence electrons. The quantitative estimate of drug-likeness (QED) is 0.867. The van der Waals surface area contributed by atoms with E-state index >= 15 is 0 Å². The normalized spacial score (nSPS) is 25.7. The van der Waals surface area contributed by atoms with Crippen molar-refractivity contribution in [1.82, 2.24) is 19.8 Å². The molecule has 2 aliphatic rings. The zero-order valence-electron chi connectivity index (χ0n) is 13.0. The van der Waals surface area contributed by atoms with E-state index in [2.05, 4.69) is 44.2 Å². The van der Waals surface area contributed by atoms with Crippen LogP contribution in [0.1, 0.15) is 16.4 Å². The third-order valence-electron chi connectivity index (χ3n) is 4.80. The topological polar surface area (TPSA) is 32.3 Å². The molecule has 4 nitrogen and oxygen atoms in total. The summed E-state index contributed by atoms with van der Waals surface area (Å²) in [6.07, 6.45) is 1.89. The summed E-state index contributed by atoms with van der Waals surface area (Å²) in [6, 6.07) is 6.20. The van der Waals surface area contributed by atoms with Crippen LogP contribution in [0.2, 0.25) is 0 Å². The molecule has 2 atom stereocenters. The summed E-state index contributed by atoms with van der Waals surface area (Å²) in [4.78, 5) is 14.2. The average molecular weight is 314 g/mol. The highest BCUT2D eigenvalue weighted by Crippen LogP contribution is 2.32. The number of hydrogen-bond acceptors (Lipinski definition) is 5. The van der Waals surface area contributed by atoms with Crippen molar-refractivity contribution in [1.29, 1.82) is 0 Å². The lowest BCUT2D eigenvalue weighted by atomic mass is 10.0. The van der Waals surface area contributed by atoms with E-state index in [4.69, 9.17) is 0 Å². The summed E-state index contributed by atoms with van der Waals surface area (Å²) in [5, 5.41) is 3.38. The molecule has 0 spiro atoms. The molecular weight excluding hydrogens is 292 g/mol. The van der Waals surface area contributed by atoms with Gasteiger partial charge in [0.2, 0.25) is 0 Å². The van der Waals surface area contributed by atoms with E-state index in [1.54, 1.807) is 11.3 Å². The largest absolute Gasteiger partial charge is 0.297 e. The van der Waals surface area contributed by atoms with Gasteiger partial charge in [0.15, 0.2) is 0 Å². The number of thiazole rings is 1. The molecule has 2 fully saturated rings. The van der Waals surface area contributed by atoms with Crippen molar-refractivity contribution < 1.29 is 0 Å². The van der Waals surface area contributed by atoms with E-state index in [0.717, 1.165) is 24.9 Å². The third kappa shape index (κ3) is 3.07. The monoisotopic (exact) mass is 314 g/mol. The summed E-state index contributed by atoms with van der Waals surface area (Å²) in [6.45, 7) is 8.99. The third-order valence-corrected chi connectivity index (χ3v) is 5.62. The molecule has 0 aliphatic carbocycles. The Morgan fingerprint density at radius 1 is 1.05 bits per heavy atom. The van der Waals surface area contributed by atoms with E-state index in [1.807, 2.05) is 12.3 Å². The number of nitrogens with zero attached hydrogens (tertiary/aromatic N) is 4. The molecule has 0 unspecified atom stereocenters. The van der Waals surface area contributed by atoms with Crippen LogP contribution in [0, 0.1) is 18.8 Å². The number of likely N-dealkylation sites (tertiary alicyclic amines) is 2. The van der Waals surface area contributed by atoms with Crippen molar-refractivity contribution in [2.24, 2.45) is 11.8 Å². The smallest absolute Gasteiger partial charge is 0.0897 e. The summed E-state index contributed by atoms with van der Waals surface area (Å²) >= 11 is 1.76. The first-order valence-electron chi connectivity index (χ1n) is 8.02. The zero-order chi connectivity index (χ0) is 14.9. The van der Waals surface area contributed by atoms with Crippen molar-refractivity contribution in [3.05, 3.63) is 46.2 Å². The summed E-state index contributed by atoms with van der Waals surface area (Å²) in [5.74, 6) is 1.65. The molecule has 0 bridgehead atoms. The second-order valence-electron chi connectivity index (χ2n) is 6.59. The van der Waals surface area contributed by atoms with Crippen LogP contribution in [0.15, 0.2) is 29.8 Å². The highest BCUT2D eigenvalue weighted by atomic mass is 32.1. The van der Waals surface area contributed by atoms with Crippen LogP contribution in [-0.2, 0) is 13.1 Å². The van der Waals surface area contributed by atoms with E-state index in [1.165, 1.54) is 42.6 Å². The van der Waals surface area contributed by atoms with Gasteiger partial charge in [0.05, 0.1) is 16.4 Å². The Hall–Kier alpha value is -1.30. The number of pyridine rings is 1. The van der Waals surface area contributed by atoms with E-state index in [0.29, 0.717) is 0 Å². The number of aryl methyl sites for hydroxylation is 1. The highest BCUT2D eigenvalue weighted by Gasteiger charge is 2.39. The fourth-order valence-corrected chi connectivity index (χ4v) is 4.48. The molecule has 2 aromatic rings. The predicted octanol–water partition coefficient (Wildman–Crippen LogP) is 2.41. The SMILES string of the molecule is Cc1nc(CN2C[C@@H]3CN(Cc4ccccn4)C[C@H]3C2)cs1. The maximum atomic E-state index is 4.60. The minimum absolute atomic E-state index is 0.823. The van der Waals surface area contributed by atoms with Gasteiger partial charge in [0, 0.05) is 50.8 Å². The second kappa shape index (κ2) is 6.07. The minimum atomic E-state index is 0.823. The van der Waals surface area contributed by atoms with Crippen LogP contribution < -0.4 is 0 Å². The van der Waals surface area contributed by atoms with Gasteiger partial charge in [-0.2, -0.15) is 0 Å². The van der Waals surface area contributed by atoms with Crippen LogP contribution >= 0.6 is 11.3 Å². The Balaban J connectivity index is 1.31. The van der Waals surface area contributed by atoms with Crippen LogP contribution in [0.25, 0.3) is 0 Å². The molecular formula is C17H22N4S. The molecule has 0 radical (unpaired) electrons. The summed E-state index contributed by atoms with van der Waals surface area (Å²) in [7, 11) is 0. The summed E-state index contributed by atoms with van der Waals surface area (Å²) in [5.41, 5.74) is 2.44. The van der Waals surface area contributed by atoms with Crippen molar-refractivity contribution in [2.45, 2.75) is 20.0 Å². The molecule has 4 rings (SSSR count). The van der Waals surface area contributed by atoms with Gasteiger partial charge < -0.3 is 0 Å². The van der Waals surface area contributed by atoms with Crippen molar-refractivity contribution >= 4 is 11.3 Å². The lowest BCUT2D eigenvalue weighted by Gasteiger charge is -2.20. The van der Waals surface area contributed by atoms with Gasteiger partial charge in [-0.1, -0.05) is 6.07 Å². The van der Waals surface area contributed by atoms with E-state index in [9.17, 15) is 0 Å². The number of rotatable bonds is 4. The van der Waals surface area contributed by atoms with Crippen LogP contribution in [0.4, 0.5) is 0 Å². The first-order valence-corrected chi connectivity index (χ1v) is 8.90. The van der Waals surface area contributed by atoms with Crippen molar-refractivity contribution in [3.63, 3.8) is 0 Å². The molecule has 2 saturated heterocycles. The van der Waals surface area contributed by atoms with Crippen LogP contribution in [0.5, 0.6) is 0 Å². The first-order chi connectivity index (χ1) is 10.8. The lowest BCUT2D eigenvalue weighted by Crippen LogP contribution is -2.28. The van der Waals surface area contributed by atoms with Gasteiger partial charge in [-0.15, -0.1) is 11.3 Å². The fourth-order valence-electron chi connectivity index (χ4n) is 3.88. The van der Waals surface area contributed by atoms with Gasteiger partial charge >= 0.3 is 0 Å². The standard InChI is InChI=1S/C17H22N4S/c1-13-19-17(12-22-13)11-21-8-14-6-20(7-15(14)9-21)10-16-4-2-3-5-18-16/h2-5,12,14-15H,6-11H2,1H3/t14-,15-/m0/s1. The number of fused-ring (bicyclic) bond motifs is 1.